The van der Waals surface area contributed by atoms with Gasteiger partial charge in [-0.25, -0.2) is 9.97 Å². The van der Waals surface area contributed by atoms with Gasteiger partial charge in [0, 0.05) is 13.6 Å². The Hall–Kier alpha value is -1.69. The van der Waals surface area contributed by atoms with Crippen LogP contribution in [-0.2, 0) is 7.05 Å². The summed E-state index contributed by atoms with van der Waals surface area (Å²) >= 11 is 0. The lowest BCUT2D eigenvalue weighted by Gasteiger charge is -2.17. The number of nitrogens with one attached hydrogen (secondary N) is 1. The second kappa shape index (κ2) is 6.65. The zero-order valence-corrected chi connectivity index (χ0v) is 12.8. The van der Waals surface area contributed by atoms with Gasteiger partial charge in [-0.2, -0.15) is 5.10 Å². The Kier molecular flexibility index (Phi) is 4.89. The molecule has 0 saturated carbocycles. The molecule has 2 aromatic rings. The molecule has 1 N–H and O–H groups in total. The summed E-state index contributed by atoms with van der Waals surface area (Å²) in [6.07, 6.45) is 2.70. The first-order chi connectivity index (χ1) is 9.67. The van der Waals surface area contributed by atoms with E-state index >= 15 is 0 Å². The highest BCUT2D eigenvalue weighted by atomic mass is 15.3. The van der Waals surface area contributed by atoms with Gasteiger partial charge in [-0.15, -0.1) is 0 Å². The smallest absolute Gasteiger partial charge is 0.163 e. The Labute approximate surface area is 120 Å². The number of hydrogen-bond donors (Lipinski definition) is 1. The van der Waals surface area contributed by atoms with Crippen LogP contribution in [0.1, 0.15) is 26.0 Å². The summed E-state index contributed by atoms with van der Waals surface area (Å²) in [4.78, 5) is 11.1. The highest BCUT2D eigenvalue weighted by Crippen LogP contribution is 2.21. The van der Waals surface area contributed by atoms with E-state index in [2.05, 4.69) is 39.1 Å². The number of hydrogen-bond acceptors (Lipinski definition) is 5. The Morgan fingerprint density at radius 3 is 2.70 bits per heavy atom. The average molecular weight is 276 g/mol. The first kappa shape index (κ1) is 14.7. The first-order valence-corrected chi connectivity index (χ1v) is 7.27. The second-order valence-corrected chi connectivity index (χ2v) is 4.94. The molecule has 2 heterocycles. The molecule has 0 aliphatic carbocycles. The van der Waals surface area contributed by atoms with Crippen LogP contribution in [-0.4, -0.2) is 50.8 Å². The lowest BCUT2D eigenvalue weighted by Crippen LogP contribution is -2.25. The van der Waals surface area contributed by atoms with Gasteiger partial charge in [0.15, 0.2) is 5.65 Å². The molecule has 0 amide bonds. The summed E-state index contributed by atoms with van der Waals surface area (Å²) in [5.74, 6) is 0.889. The molecular weight excluding hydrogens is 252 g/mol. The van der Waals surface area contributed by atoms with Crippen LogP contribution >= 0.6 is 0 Å². The molecule has 0 spiro atoms. The molecule has 110 valence electrons. The van der Waals surface area contributed by atoms with Gasteiger partial charge in [-0.3, -0.25) is 4.68 Å². The fraction of sp³-hybridized carbons (Fsp3) is 0.643. The zero-order chi connectivity index (χ0) is 14.5. The summed E-state index contributed by atoms with van der Waals surface area (Å²) in [6.45, 7) is 10.6. The molecule has 6 heteroatoms. The van der Waals surface area contributed by atoms with Crippen LogP contribution in [0.3, 0.4) is 0 Å². The van der Waals surface area contributed by atoms with Gasteiger partial charge < -0.3 is 10.2 Å². The number of anilines is 1. The Morgan fingerprint density at radius 2 is 2.00 bits per heavy atom. The van der Waals surface area contributed by atoms with E-state index in [-0.39, 0.29) is 0 Å². The van der Waals surface area contributed by atoms with E-state index in [1.807, 2.05) is 14.0 Å². The molecule has 0 fully saturated rings. The summed E-state index contributed by atoms with van der Waals surface area (Å²) in [6, 6.07) is 0. The van der Waals surface area contributed by atoms with Crippen LogP contribution in [0.5, 0.6) is 0 Å². The molecule has 0 aliphatic heterocycles. The van der Waals surface area contributed by atoms with Crippen molar-refractivity contribution in [2.24, 2.45) is 7.05 Å². The minimum Gasteiger partial charge on any atom is -0.369 e. The molecule has 2 aromatic heterocycles. The van der Waals surface area contributed by atoms with Crippen molar-refractivity contribution in [2.45, 2.75) is 27.2 Å². The largest absolute Gasteiger partial charge is 0.369 e. The molecular formula is C14H24N6. The third-order valence-electron chi connectivity index (χ3n) is 3.63. The summed E-state index contributed by atoms with van der Waals surface area (Å²) in [5.41, 5.74) is 1.85. The van der Waals surface area contributed by atoms with Gasteiger partial charge >= 0.3 is 0 Å². The standard InChI is InChI=1S/C14H24N6/c1-5-20(6-2)9-7-8-15-13-12-11(3)18-19(4)14(12)17-10-16-13/h10H,5-9H2,1-4H3,(H,15,16,17). The third kappa shape index (κ3) is 3.07. The summed E-state index contributed by atoms with van der Waals surface area (Å²) in [7, 11) is 1.91. The van der Waals surface area contributed by atoms with E-state index in [0.29, 0.717) is 0 Å². The van der Waals surface area contributed by atoms with Crippen molar-refractivity contribution in [1.29, 1.82) is 0 Å². The Bertz CT molecular complexity index is 558. The van der Waals surface area contributed by atoms with Gasteiger partial charge in [-0.1, -0.05) is 13.8 Å². The highest BCUT2D eigenvalue weighted by molar-refractivity contribution is 5.88. The maximum Gasteiger partial charge on any atom is 0.163 e. The van der Waals surface area contributed by atoms with Crippen molar-refractivity contribution < 1.29 is 0 Å². The molecule has 0 atom stereocenters. The van der Waals surface area contributed by atoms with Crippen LogP contribution in [0.15, 0.2) is 6.33 Å². The predicted molar refractivity (Wildman–Crippen MR) is 81.9 cm³/mol. The average Bonchev–Trinajstić information content (AvgIpc) is 2.75. The van der Waals surface area contributed by atoms with Crippen LogP contribution in [0, 0.1) is 6.92 Å². The minimum atomic E-state index is 0.878. The van der Waals surface area contributed by atoms with Crippen molar-refractivity contribution in [1.82, 2.24) is 24.6 Å². The lowest BCUT2D eigenvalue weighted by atomic mass is 10.3. The van der Waals surface area contributed by atoms with Crippen LogP contribution in [0.25, 0.3) is 11.0 Å². The molecule has 0 radical (unpaired) electrons. The molecule has 6 nitrogen and oxygen atoms in total. The van der Waals surface area contributed by atoms with E-state index in [1.54, 1.807) is 11.0 Å². The summed E-state index contributed by atoms with van der Waals surface area (Å²) < 4.78 is 1.80. The van der Waals surface area contributed by atoms with E-state index in [1.165, 1.54) is 0 Å². The van der Waals surface area contributed by atoms with Crippen LogP contribution < -0.4 is 5.32 Å². The Morgan fingerprint density at radius 1 is 1.25 bits per heavy atom. The van der Waals surface area contributed by atoms with Crippen molar-refractivity contribution in [2.75, 3.05) is 31.5 Å². The number of aryl methyl sites for hydroxylation is 2. The zero-order valence-electron chi connectivity index (χ0n) is 12.8. The molecule has 0 bridgehead atoms. The maximum atomic E-state index is 4.40. The van der Waals surface area contributed by atoms with Gasteiger partial charge in [-0.05, 0) is 33.0 Å². The number of aromatic nitrogens is 4. The first-order valence-electron chi connectivity index (χ1n) is 7.27. The maximum absolute atomic E-state index is 4.40. The quantitative estimate of drug-likeness (QED) is 0.782. The lowest BCUT2D eigenvalue weighted by molar-refractivity contribution is 0.303. The van der Waals surface area contributed by atoms with Crippen molar-refractivity contribution >= 4 is 16.9 Å². The molecule has 0 aliphatic rings. The predicted octanol–water partition coefficient (Wildman–Crippen LogP) is 1.82. The molecule has 20 heavy (non-hydrogen) atoms. The van der Waals surface area contributed by atoms with Gasteiger partial charge in [0.1, 0.15) is 12.1 Å². The Balaban J connectivity index is 2.00. The highest BCUT2D eigenvalue weighted by Gasteiger charge is 2.11. The van der Waals surface area contributed by atoms with Crippen molar-refractivity contribution in [3.8, 4) is 0 Å². The molecule has 0 saturated heterocycles. The van der Waals surface area contributed by atoms with E-state index in [9.17, 15) is 0 Å². The SMILES string of the molecule is CCN(CC)CCCNc1ncnc2c1c(C)nn2C. The number of rotatable bonds is 7. The normalized spacial score (nSPS) is 11.4. The minimum absolute atomic E-state index is 0.878. The van der Waals surface area contributed by atoms with E-state index in [0.717, 1.165) is 55.1 Å². The van der Waals surface area contributed by atoms with Crippen molar-refractivity contribution in [3.63, 3.8) is 0 Å². The second-order valence-electron chi connectivity index (χ2n) is 4.94. The van der Waals surface area contributed by atoms with E-state index < -0.39 is 0 Å². The molecule has 0 unspecified atom stereocenters. The monoisotopic (exact) mass is 276 g/mol. The fourth-order valence-electron chi connectivity index (χ4n) is 2.46. The molecule has 2 rings (SSSR count). The van der Waals surface area contributed by atoms with Gasteiger partial charge in [0.25, 0.3) is 0 Å². The van der Waals surface area contributed by atoms with Gasteiger partial charge in [0.2, 0.25) is 0 Å². The summed E-state index contributed by atoms with van der Waals surface area (Å²) in [5, 5.41) is 8.84. The van der Waals surface area contributed by atoms with Crippen molar-refractivity contribution in [3.05, 3.63) is 12.0 Å². The molecule has 0 aromatic carbocycles. The number of fused-ring (bicyclic) bond motifs is 1. The number of nitrogens with zero attached hydrogens (tertiary/aromatic N) is 5. The third-order valence-corrected chi connectivity index (χ3v) is 3.63. The fourth-order valence-corrected chi connectivity index (χ4v) is 2.46. The topological polar surface area (TPSA) is 58.9 Å². The van der Waals surface area contributed by atoms with Gasteiger partial charge in [0.05, 0.1) is 11.1 Å². The van der Waals surface area contributed by atoms with Crippen LogP contribution in [0.2, 0.25) is 0 Å². The van der Waals surface area contributed by atoms with Crippen LogP contribution in [0.4, 0.5) is 5.82 Å². The van der Waals surface area contributed by atoms with E-state index in [4.69, 9.17) is 0 Å².